The second kappa shape index (κ2) is 7.42. The van der Waals surface area contributed by atoms with E-state index in [1.54, 1.807) is 18.2 Å². The quantitative estimate of drug-likeness (QED) is 0.740. The molecule has 2 atom stereocenters. The van der Waals surface area contributed by atoms with Crippen molar-refractivity contribution in [2.75, 3.05) is 0 Å². The van der Waals surface area contributed by atoms with E-state index >= 15 is 0 Å². The third kappa shape index (κ3) is 4.20. The Morgan fingerprint density at radius 2 is 1.92 bits per heavy atom. The SMILES string of the molecule is Cc1csc([C@](O)(CC(=O)O[C@@H](C(N)=O)c2ccccc2)C(F)(F)F)n1. The van der Waals surface area contributed by atoms with Gasteiger partial charge in [0.2, 0.25) is 11.7 Å². The van der Waals surface area contributed by atoms with E-state index in [9.17, 15) is 27.9 Å². The molecule has 1 amide bonds. The normalized spacial score (nSPS) is 15.1. The molecule has 1 aromatic heterocycles. The first kappa shape index (κ1) is 19.9. The highest BCUT2D eigenvalue weighted by molar-refractivity contribution is 7.09. The number of benzene rings is 1. The van der Waals surface area contributed by atoms with Gasteiger partial charge in [-0.05, 0) is 6.92 Å². The first-order valence-electron chi connectivity index (χ1n) is 7.30. The van der Waals surface area contributed by atoms with Crippen LogP contribution in [-0.2, 0) is 19.9 Å². The maximum Gasteiger partial charge on any atom is 0.424 e. The minimum atomic E-state index is -5.18. The number of hydrogen-bond acceptors (Lipinski definition) is 6. The molecule has 0 aliphatic heterocycles. The molecule has 140 valence electrons. The lowest BCUT2D eigenvalue weighted by Gasteiger charge is -2.28. The summed E-state index contributed by atoms with van der Waals surface area (Å²) in [6.07, 6.45) is -8.20. The van der Waals surface area contributed by atoms with Crippen molar-refractivity contribution in [3.05, 3.63) is 52.0 Å². The van der Waals surface area contributed by atoms with Gasteiger partial charge in [0.25, 0.3) is 5.91 Å². The van der Waals surface area contributed by atoms with Gasteiger partial charge in [-0.1, -0.05) is 30.3 Å². The highest BCUT2D eigenvalue weighted by Gasteiger charge is 2.58. The standard InChI is InChI=1S/C16H15F3N2O4S/c1-9-8-26-14(21-9)15(24,16(17,18)19)7-11(22)25-12(13(20)23)10-5-3-2-4-6-10/h2-6,8,12,24H,7H2,1H3,(H2,20,23)/t12-,15-/m1/s1. The summed E-state index contributed by atoms with van der Waals surface area (Å²) >= 11 is 0.566. The summed E-state index contributed by atoms with van der Waals surface area (Å²) in [5, 5.41) is 10.8. The van der Waals surface area contributed by atoms with Crippen LogP contribution in [0.1, 0.15) is 28.8 Å². The van der Waals surface area contributed by atoms with Crippen molar-refractivity contribution >= 4 is 23.2 Å². The second-order valence-corrected chi connectivity index (χ2v) is 6.37. The van der Waals surface area contributed by atoms with Gasteiger partial charge in [-0.3, -0.25) is 9.59 Å². The van der Waals surface area contributed by atoms with Crippen molar-refractivity contribution < 1.29 is 32.6 Å². The number of ether oxygens (including phenoxy) is 1. The molecule has 6 nitrogen and oxygen atoms in total. The van der Waals surface area contributed by atoms with E-state index in [1.807, 2.05) is 0 Å². The van der Waals surface area contributed by atoms with Crippen LogP contribution in [0.2, 0.25) is 0 Å². The molecule has 3 N–H and O–H groups in total. The summed E-state index contributed by atoms with van der Waals surface area (Å²) in [6, 6.07) is 7.59. The van der Waals surface area contributed by atoms with Crippen LogP contribution in [0.25, 0.3) is 0 Å². The topological polar surface area (TPSA) is 103 Å². The fourth-order valence-corrected chi connectivity index (χ4v) is 3.06. The van der Waals surface area contributed by atoms with E-state index in [4.69, 9.17) is 10.5 Å². The van der Waals surface area contributed by atoms with Crippen molar-refractivity contribution in [2.24, 2.45) is 5.73 Å². The van der Waals surface area contributed by atoms with Crippen molar-refractivity contribution in [3.8, 4) is 0 Å². The van der Waals surface area contributed by atoms with Gasteiger partial charge in [0.15, 0.2) is 0 Å². The molecule has 1 aromatic carbocycles. The van der Waals surface area contributed by atoms with Crippen molar-refractivity contribution in [1.82, 2.24) is 4.98 Å². The Balaban J connectivity index is 2.26. The van der Waals surface area contributed by atoms with E-state index in [0.717, 1.165) is 0 Å². The van der Waals surface area contributed by atoms with E-state index in [1.165, 1.54) is 24.4 Å². The number of aliphatic hydroxyl groups is 1. The van der Waals surface area contributed by atoms with Gasteiger partial charge < -0.3 is 15.6 Å². The Hall–Kier alpha value is -2.46. The molecule has 0 saturated carbocycles. The predicted molar refractivity (Wildman–Crippen MR) is 85.9 cm³/mol. The largest absolute Gasteiger partial charge is 0.447 e. The van der Waals surface area contributed by atoms with Gasteiger partial charge >= 0.3 is 12.1 Å². The van der Waals surface area contributed by atoms with E-state index in [2.05, 4.69) is 4.98 Å². The van der Waals surface area contributed by atoms with E-state index in [-0.39, 0.29) is 11.3 Å². The van der Waals surface area contributed by atoms with Crippen LogP contribution in [-0.4, -0.2) is 28.1 Å². The van der Waals surface area contributed by atoms with Crippen LogP contribution in [0, 0.1) is 6.92 Å². The van der Waals surface area contributed by atoms with Crippen LogP contribution >= 0.6 is 11.3 Å². The summed E-state index contributed by atoms with van der Waals surface area (Å²) in [7, 11) is 0. The van der Waals surface area contributed by atoms with E-state index < -0.39 is 41.2 Å². The molecule has 0 aliphatic rings. The number of carbonyl (C=O) groups excluding carboxylic acids is 2. The minimum Gasteiger partial charge on any atom is -0.447 e. The zero-order valence-electron chi connectivity index (χ0n) is 13.5. The third-order valence-corrected chi connectivity index (χ3v) is 4.56. The molecule has 0 radical (unpaired) electrons. The molecular weight excluding hydrogens is 373 g/mol. The van der Waals surface area contributed by atoms with Gasteiger partial charge in [-0.2, -0.15) is 13.2 Å². The maximum atomic E-state index is 13.4. The fourth-order valence-electron chi connectivity index (χ4n) is 2.14. The number of aryl methyl sites for hydroxylation is 1. The summed E-state index contributed by atoms with van der Waals surface area (Å²) in [4.78, 5) is 27.2. The third-order valence-electron chi connectivity index (χ3n) is 3.45. The van der Waals surface area contributed by atoms with Crippen LogP contribution in [0.3, 0.4) is 0 Å². The Bertz CT molecular complexity index is 794. The molecule has 0 spiro atoms. The van der Waals surface area contributed by atoms with Crippen LogP contribution in [0.4, 0.5) is 13.2 Å². The average molecular weight is 388 g/mol. The second-order valence-electron chi connectivity index (χ2n) is 5.51. The average Bonchev–Trinajstić information content (AvgIpc) is 2.99. The summed E-state index contributed by atoms with van der Waals surface area (Å²) < 4.78 is 45.0. The number of rotatable bonds is 6. The Morgan fingerprint density at radius 1 is 1.31 bits per heavy atom. The number of carbonyl (C=O) groups is 2. The first-order chi connectivity index (χ1) is 12.0. The van der Waals surface area contributed by atoms with Gasteiger partial charge in [-0.25, -0.2) is 4.98 Å². The molecule has 2 rings (SSSR count). The highest BCUT2D eigenvalue weighted by atomic mass is 32.1. The minimum absolute atomic E-state index is 0.203. The zero-order chi connectivity index (χ0) is 19.5. The molecule has 2 aromatic rings. The van der Waals surface area contributed by atoms with Crippen molar-refractivity contribution in [1.29, 1.82) is 0 Å². The van der Waals surface area contributed by atoms with Crippen LogP contribution in [0.5, 0.6) is 0 Å². The highest BCUT2D eigenvalue weighted by Crippen LogP contribution is 2.43. The van der Waals surface area contributed by atoms with Gasteiger partial charge in [0.1, 0.15) is 5.01 Å². The number of aromatic nitrogens is 1. The number of amides is 1. The number of hydrogen-bond donors (Lipinski definition) is 2. The summed E-state index contributed by atoms with van der Waals surface area (Å²) in [6.45, 7) is 1.45. The number of nitrogens with zero attached hydrogens (tertiary/aromatic N) is 1. The molecule has 26 heavy (non-hydrogen) atoms. The zero-order valence-corrected chi connectivity index (χ0v) is 14.3. The van der Waals surface area contributed by atoms with Crippen LogP contribution < -0.4 is 5.73 Å². The number of esters is 1. The number of nitrogens with two attached hydrogens (primary N) is 1. The monoisotopic (exact) mass is 388 g/mol. The van der Waals surface area contributed by atoms with Crippen molar-refractivity contribution in [3.63, 3.8) is 0 Å². The fraction of sp³-hybridized carbons (Fsp3) is 0.312. The lowest BCUT2D eigenvalue weighted by atomic mass is 9.99. The first-order valence-corrected chi connectivity index (χ1v) is 8.18. The smallest absolute Gasteiger partial charge is 0.424 e. The number of alkyl halides is 3. The summed E-state index contributed by atoms with van der Waals surface area (Å²) in [5.74, 6) is -2.49. The van der Waals surface area contributed by atoms with E-state index in [0.29, 0.717) is 11.3 Å². The van der Waals surface area contributed by atoms with Gasteiger partial charge in [-0.15, -0.1) is 11.3 Å². The Morgan fingerprint density at radius 3 is 2.38 bits per heavy atom. The predicted octanol–water partition coefficient (Wildman–Crippen LogP) is 2.36. The lowest BCUT2D eigenvalue weighted by Crippen LogP contribution is -2.44. The molecular formula is C16H15F3N2O4S. The Labute approximate surface area is 150 Å². The lowest BCUT2D eigenvalue weighted by molar-refractivity contribution is -0.270. The molecule has 0 fully saturated rings. The number of thiazole rings is 1. The molecule has 0 saturated heterocycles. The Kier molecular flexibility index (Phi) is 5.67. The maximum absolute atomic E-state index is 13.4. The molecule has 0 unspecified atom stereocenters. The molecule has 10 heteroatoms. The summed E-state index contributed by atoms with van der Waals surface area (Å²) in [5.41, 5.74) is 2.11. The van der Waals surface area contributed by atoms with Crippen LogP contribution in [0.15, 0.2) is 35.7 Å². The molecule has 0 aliphatic carbocycles. The molecule has 0 bridgehead atoms. The number of primary amides is 1. The van der Waals surface area contributed by atoms with Gasteiger partial charge in [0.05, 0.1) is 6.42 Å². The number of halogens is 3. The molecule has 1 heterocycles. The van der Waals surface area contributed by atoms with Gasteiger partial charge in [0, 0.05) is 16.6 Å². The van der Waals surface area contributed by atoms with Crippen molar-refractivity contribution in [2.45, 2.75) is 31.2 Å².